The van der Waals surface area contributed by atoms with Crippen LogP contribution in [0.1, 0.15) is 49.1 Å². The molecule has 0 spiro atoms. The van der Waals surface area contributed by atoms with Crippen molar-refractivity contribution < 1.29 is 9.59 Å². The van der Waals surface area contributed by atoms with Crippen LogP contribution in [-0.2, 0) is 9.59 Å². The number of anilines is 1. The van der Waals surface area contributed by atoms with Crippen LogP contribution in [0.3, 0.4) is 0 Å². The lowest BCUT2D eigenvalue weighted by Gasteiger charge is -2.34. The van der Waals surface area contributed by atoms with E-state index in [0.717, 1.165) is 16.8 Å². The number of hydrogen-bond donors (Lipinski definition) is 1. The molecular weight excluding hydrogens is 410 g/mol. The first kappa shape index (κ1) is 22.5. The third-order valence-electron chi connectivity index (χ3n) is 5.62. The summed E-state index contributed by atoms with van der Waals surface area (Å²) in [5, 5.41) is 3.09. The van der Waals surface area contributed by atoms with E-state index < -0.39 is 11.6 Å². The SMILES string of the molecule is Cc1cccc(C)c1N1C(=O)C(c2ccccc2)=Nc2ccccc2C1C(=O)NC(C)(C)C. The summed E-state index contributed by atoms with van der Waals surface area (Å²) in [6.45, 7) is 9.73. The van der Waals surface area contributed by atoms with E-state index in [2.05, 4.69) is 5.32 Å². The summed E-state index contributed by atoms with van der Waals surface area (Å²) in [5.41, 5.74) is 4.46. The van der Waals surface area contributed by atoms with Crippen molar-refractivity contribution in [1.82, 2.24) is 5.32 Å². The molecule has 1 unspecified atom stereocenters. The second-order valence-corrected chi connectivity index (χ2v) is 9.44. The molecule has 3 aromatic carbocycles. The summed E-state index contributed by atoms with van der Waals surface area (Å²) < 4.78 is 0. The van der Waals surface area contributed by atoms with E-state index in [1.165, 1.54) is 0 Å². The minimum atomic E-state index is -0.863. The van der Waals surface area contributed by atoms with E-state index in [1.807, 2.05) is 107 Å². The highest BCUT2D eigenvalue weighted by molar-refractivity contribution is 6.50. The van der Waals surface area contributed by atoms with E-state index in [9.17, 15) is 9.59 Å². The number of nitrogens with one attached hydrogen (secondary N) is 1. The summed E-state index contributed by atoms with van der Waals surface area (Å²) in [4.78, 5) is 34.4. The number of nitrogens with zero attached hydrogens (tertiary/aromatic N) is 2. The van der Waals surface area contributed by atoms with Crippen LogP contribution in [0.4, 0.5) is 11.4 Å². The highest BCUT2D eigenvalue weighted by Crippen LogP contribution is 2.39. The Morgan fingerprint density at radius 3 is 2.12 bits per heavy atom. The molecule has 0 aromatic heterocycles. The van der Waals surface area contributed by atoms with Crippen molar-refractivity contribution in [2.45, 2.75) is 46.2 Å². The number of benzene rings is 3. The second-order valence-electron chi connectivity index (χ2n) is 9.44. The lowest BCUT2D eigenvalue weighted by molar-refractivity contribution is -0.126. The minimum Gasteiger partial charge on any atom is -0.349 e. The second kappa shape index (κ2) is 8.66. The van der Waals surface area contributed by atoms with Gasteiger partial charge in [0.25, 0.3) is 5.91 Å². The number of aliphatic imine (C=N–C) groups is 1. The molecule has 0 aliphatic carbocycles. The Balaban J connectivity index is 2.01. The summed E-state index contributed by atoms with van der Waals surface area (Å²) >= 11 is 0. The molecule has 0 saturated heterocycles. The van der Waals surface area contributed by atoms with Gasteiger partial charge in [0, 0.05) is 16.7 Å². The number of rotatable bonds is 3. The van der Waals surface area contributed by atoms with Crippen molar-refractivity contribution in [3.8, 4) is 0 Å². The number of amides is 2. The predicted octanol–water partition coefficient (Wildman–Crippen LogP) is 5.43. The van der Waals surface area contributed by atoms with Crippen LogP contribution in [0.5, 0.6) is 0 Å². The Hall–Kier alpha value is -3.73. The van der Waals surface area contributed by atoms with Gasteiger partial charge in [0.2, 0.25) is 5.91 Å². The molecule has 1 N–H and O–H groups in total. The van der Waals surface area contributed by atoms with Gasteiger partial charge in [-0.05, 0) is 51.8 Å². The van der Waals surface area contributed by atoms with Crippen molar-refractivity contribution in [2.24, 2.45) is 4.99 Å². The molecule has 0 bridgehead atoms. The number of carbonyl (C=O) groups is 2. The Labute approximate surface area is 195 Å². The third kappa shape index (κ3) is 4.44. The first-order valence-corrected chi connectivity index (χ1v) is 11.1. The molecular formula is C28H29N3O2. The van der Waals surface area contributed by atoms with Gasteiger partial charge in [-0.25, -0.2) is 4.99 Å². The van der Waals surface area contributed by atoms with Crippen molar-refractivity contribution in [2.75, 3.05) is 4.90 Å². The Kier molecular flexibility index (Phi) is 5.90. The fourth-order valence-electron chi connectivity index (χ4n) is 4.26. The van der Waals surface area contributed by atoms with Crippen molar-refractivity contribution in [3.63, 3.8) is 0 Å². The summed E-state index contributed by atoms with van der Waals surface area (Å²) in [6, 6.07) is 21.9. The van der Waals surface area contributed by atoms with Crippen molar-refractivity contribution in [3.05, 3.63) is 95.1 Å². The standard InChI is InChI=1S/C28H29N3O2/c1-18-12-11-13-19(2)24(18)31-25(26(32)30-28(3,4)5)21-16-9-10-17-22(21)29-23(27(31)33)20-14-7-6-8-15-20/h6-17,25H,1-5H3,(H,30,32). The maximum atomic E-state index is 14.2. The lowest BCUT2D eigenvalue weighted by atomic mass is 9.97. The zero-order valence-corrected chi connectivity index (χ0v) is 19.7. The largest absolute Gasteiger partial charge is 0.349 e. The van der Waals surface area contributed by atoms with E-state index in [-0.39, 0.29) is 11.8 Å². The van der Waals surface area contributed by atoms with Gasteiger partial charge in [-0.15, -0.1) is 0 Å². The van der Waals surface area contributed by atoms with Crippen LogP contribution in [0, 0.1) is 13.8 Å². The van der Waals surface area contributed by atoms with E-state index in [4.69, 9.17) is 4.99 Å². The van der Waals surface area contributed by atoms with Gasteiger partial charge in [-0.1, -0.05) is 66.7 Å². The number of fused-ring (bicyclic) bond motifs is 1. The van der Waals surface area contributed by atoms with E-state index in [0.29, 0.717) is 22.5 Å². The third-order valence-corrected chi connectivity index (χ3v) is 5.62. The average Bonchev–Trinajstić information content (AvgIpc) is 2.88. The highest BCUT2D eigenvalue weighted by Gasteiger charge is 2.40. The molecule has 168 valence electrons. The summed E-state index contributed by atoms with van der Waals surface area (Å²) in [7, 11) is 0. The van der Waals surface area contributed by atoms with E-state index >= 15 is 0 Å². The Morgan fingerprint density at radius 2 is 1.48 bits per heavy atom. The molecule has 5 heteroatoms. The van der Waals surface area contributed by atoms with Gasteiger partial charge in [-0.3, -0.25) is 14.5 Å². The fraction of sp³-hybridized carbons (Fsp3) is 0.250. The topological polar surface area (TPSA) is 61.8 Å². The predicted molar refractivity (Wildman–Crippen MR) is 133 cm³/mol. The van der Waals surface area contributed by atoms with Crippen LogP contribution in [-0.4, -0.2) is 23.1 Å². The zero-order valence-electron chi connectivity index (χ0n) is 19.7. The van der Waals surface area contributed by atoms with E-state index in [1.54, 1.807) is 4.90 Å². The molecule has 5 nitrogen and oxygen atoms in total. The molecule has 1 aliphatic rings. The molecule has 33 heavy (non-hydrogen) atoms. The number of carbonyl (C=O) groups excluding carboxylic acids is 2. The maximum absolute atomic E-state index is 14.2. The van der Waals surface area contributed by atoms with Crippen LogP contribution >= 0.6 is 0 Å². The normalized spacial score (nSPS) is 16.0. The summed E-state index contributed by atoms with van der Waals surface area (Å²) in [5.74, 6) is -0.542. The number of para-hydroxylation sites is 2. The van der Waals surface area contributed by atoms with Gasteiger partial charge < -0.3 is 5.32 Å². The van der Waals surface area contributed by atoms with Gasteiger partial charge in [0.05, 0.1) is 11.4 Å². The van der Waals surface area contributed by atoms with Crippen molar-refractivity contribution in [1.29, 1.82) is 0 Å². The van der Waals surface area contributed by atoms with Crippen molar-refractivity contribution >= 4 is 28.9 Å². The molecule has 1 aliphatic heterocycles. The van der Waals surface area contributed by atoms with Crippen LogP contribution in [0.25, 0.3) is 0 Å². The smallest absolute Gasteiger partial charge is 0.278 e. The van der Waals surface area contributed by atoms with Gasteiger partial charge in [0.15, 0.2) is 0 Å². The molecule has 2 amide bonds. The van der Waals surface area contributed by atoms with Crippen LogP contribution < -0.4 is 10.2 Å². The first-order valence-electron chi connectivity index (χ1n) is 11.1. The van der Waals surface area contributed by atoms with Gasteiger partial charge in [-0.2, -0.15) is 0 Å². The molecule has 1 heterocycles. The summed E-state index contributed by atoms with van der Waals surface area (Å²) in [6.07, 6.45) is 0. The molecule has 0 radical (unpaired) electrons. The molecule has 0 saturated carbocycles. The first-order chi connectivity index (χ1) is 15.7. The monoisotopic (exact) mass is 439 g/mol. The molecule has 4 rings (SSSR count). The molecule has 3 aromatic rings. The van der Waals surface area contributed by atoms with Gasteiger partial charge >= 0.3 is 0 Å². The highest BCUT2D eigenvalue weighted by atomic mass is 16.2. The van der Waals surface area contributed by atoms with Crippen LogP contribution in [0.15, 0.2) is 77.8 Å². The fourth-order valence-corrected chi connectivity index (χ4v) is 4.26. The lowest BCUT2D eigenvalue weighted by Crippen LogP contribution is -2.50. The Morgan fingerprint density at radius 1 is 0.879 bits per heavy atom. The van der Waals surface area contributed by atoms with Gasteiger partial charge in [0.1, 0.15) is 11.8 Å². The Bertz CT molecular complexity index is 1220. The molecule has 1 atom stereocenters. The molecule has 0 fully saturated rings. The average molecular weight is 440 g/mol. The zero-order chi connectivity index (χ0) is 23.8. The number of hydrogen-bond acceptors (Lipinski definition) is 3. The maximum Gasteiger partial charge on any atom is 0.278 e. The quantitative estimate of drug-likeness (QED) is 0.592. The number of aryl methyl sites for hydroxylation is 2. The minimum absolute atomic E-state index is 0.240. The van der Waals surface area contributed by atoms with Crippen LogP contribution in [0.2, 0.25) is 0 Å².